The van der Waals surface area contributed by atoms with Gasteiger partial charge in [0, 0.05) is 10.6 Å². The Morgan fingerprint density at radius 3 is 2.24 bits per heavy atom. The fourth-order valence-electron chi connectivity index (χ4n) is 3.89. The average molecular weight is 632 g/mol. The van der Waals surface area contributed by atoms with Crippen molar-refractivity contribution in [2.75, 3.05) is 17.8 Å². The zero-order chi connectivity index (χ0) is 29.8. The summed E-state index contributed by atoms with van der Waals surface area (Å²) in [6.45, 7) is 0.798. The summed E-state index contributed by atoms with van der Waals surface area (Å²) in [5, 5.41) is 4.00. The van der Waals surface area contributed by atoms with Crippen LogP contribution in [0, 0.1) is 0 Å². The lowest BCUT2D eigenvalue weighted by atomic mass is 10.1. The summed E-state index contributed by atoms with van der Waals surface area (Å²) in [7, 11) is -4.22. The molecule has 0 bridgehead atoms. The van der Waals surface area contributed by atoms with Crippen LogP contribution < -0.4 is 14.8 Å². The molecule has 0 radical (unpaired) electrons. The second-order valence-corrected chi connectivity index (χ2v) is 11.3. The lowest BCUT2D eigenvalue weighted by Crippen LogP contribution is -2.48. The first-order chi connectivity index (χ1) is 19.3. The molecule has 1 aliphatic rings. The second-order valence-electron chi connectivity index (χ2n) is 8.79. The van der Waals surface area contributed by atoms with E-state index in [1.165, 1.54) is 24.3 Å². The summed E-state index contributed by atoms with van der Waals surface area (Å²) in [6.07, 6.45) is -4.82. The Morgan fingerprint density at radius 1 is 0.951 bits per heavy atom. The van der Waals surface area contributed by atoms with Crippen LogP contribution in [0.5, 0.6) is 11.5 Å². The van der Waals surface area contributed by atoms with Crippen molar-refractivity contribution in [3.05, 3.63) is 82.3 Å². The van der Waals surface area contributed by atoms with Gasteiger partial charge in [-0.25, -0.2) is 13.2 Å². The highest BCUT2D eigenvalue weighted by molar-refractivity contribution is 7.92. The average Bonchev–Trinajstić information content (AvgIpc) is 2.93. The molecule has 0 atom stereocenters. The summed E-state index contributed by atoms with van der Waals surface area (Å²) in [6, 6.07) is 14.3. The number of carbonyl (C=O) groups excluding carboxylic acids is 2. The number of sulfonamides is 1. The zero-order valence-electron chi connectivity index (χ0n) is 21.0. The number of alkyl halides is 3. The molecule has 0 unspecified atom stereocenters. The second kappa shape index (κ2) is 12.6. The number of hydroxylamine groups is 2. The molecule has 218 valence electrons. The smallest absolute Gasteiger partial charge is 0.454 e. The normalized spacial score (nSPS) is 14.3. The number of nitrogens with one attached hydrogen (secondary N) is 2. The summed E-state index contributed by atoms with van der Waals surface area (Å²) < 4.78 is 73.1. The van der Waals surface area contributed by atoms with Crippen molar-refractivity contribution in [3.8, 4) is 11.5 Å². The van der Waals surface area contributed by atoms with Crippen molar-refractivity contribution in [1.82, 2.24) is 10.4 Å². The van der Waals surface area contributed by atoms with Crippen molar-refractivity contribution in [1.29, 1.82) is 0 Å². The molecule has 3 aromatic carbocycles. The molecule has 15 heteroatoms. The molecule has 3 aromatic rings. The van der Waals surface area contributed by atoms with Crippen molar-refractivity contribution in [2.45, 2.75) is 30.0 Å². The van der Waals surface area contributed by atoms with E-state index in [9.17, 15) is 31.2 Å². The van der Waals surface area contributed by atoms with Gasteiger partial charge in [-0.3, -0.25) is 9.52 Å². The topological polar surface area (TPSA) is 114 Å². The van der Waals surface area contributed by atoms with Crippen LogP contribution in [0.4, 0.5) is 18.9 Å². The molecule has 1 amide bonds. The van der Waals surface area contributed by atoms with Crippen LogP contribution in [-0.4, -0.2) is 50.7 Å². The number of nitrogens with zero attached hydrogens (tertiary/aromatic N) is 1. The van der Waals surface area contributed by atoms with Gasteiger partial charge in [-0.2, -0.15) is 18.2 Å². The fourth-order valence-corrected chi connectivity index (χ4v) is 5.41. The number of hydrogen-bond acceptors (Lipinski definition) is 7. The number of piperidine rings is 1. The van der Waals surface area contributed by atoms with Gasteiger partial charge in [-0.05, 0) is 80.5 Å². The van der Waals surface area contributed by atoms with Gasteiger partial charge >= 0.3 is 12.1 Å². The minimum Gasteiger partial charge on any atom is -0.454 e. The van der Waals surface area contributed by atoms with Crippen LogP contribution >= 0.6 is 23.2 Å². The van der Waals surface area contributed by atoms with Crippen LogP contribution in [0.1, 0.15) is 23.2 Å². The minimum atomic E-state index is -5.31. The van der Waals surface area contributed by atoms with Crippen molar-refractivity contribution in [3.63, 3.8) is 0 Å². The van der Waals surface area contributed by atoms with Crippen LogP contribution in [0.15, 0.2) is 71.6 Å². The quantitative estimate of drug-likeness (QED) is 0.317. The van der Waals surface area contributed by atoms with Crippen LogP contribution in [0.3, 0.4) is 0 Å². The molecule has 1 saturated heterocycles. The maximum atomic E-state index is 13.1. The summed E-state index contributed by atoms with van der Waals surface area (Å²) >= 11 is 12.1. The minimum absolute atomic E-state index is 0.0785. The first-order valence-corrected chi connectivity index (χ1v) is 14.3. The molecule has 0 saturated carbocycles. The van der Waals surface area contributed by atoms with Crippen LogP contribution in [0.25, 0.3) is 0 Å². The highest BCUT2D eigenvalue weighted by atomic mass is 35.5. The highest BCUT2D eigenvalue weighted by Gasteiger charge is 2.44. The molecule has 1 aliphatic heterocycles. The van der Waals surface area contributed by atoms with E-state index in [-0.39, 0.29) is 45.5 Å². The zero-order valence-corrected chi connectivity index (χ0v) is 23.3. The highest BCUT2D eigenvalue weighted by Crippen LogP contribution is 2.36. The Kier molecular flexibility index (Phi) is 9.32. The number of para-hydroxylation sites is 2. The molecule has 1 heterocycles. The monoisotopic (exact) mass is 631 g/mol. The van der Waals surface area contributed by atoms with E-state index in [0.29, 0.717) is 23.2 Å². The Bertz CT molecular complexity index is 1530. The predicted molar refractivity (Wildman–Crippen MR) is 144 cm³/mol. The summed E-state index contributed by atoms with van der Waals surface area (Å²) in [5.41, 5.74) is -0.103. The van der Waals surface area contributed by atoms with E-state index in [4.69, 9.17) is 27.9 Å². The van der Waals surface area contributed by atoms with E-state index in [0.717, 1.165) is 24.3 Å². The first kappa shape index (κ1) is 30.4. The van der Waals surface area contributed by atoms with Gasteiger partial charge in [0.25, 0.3) is 15.9 Å². The number of hydrogen-bond donors (Lipinski definition) is 2. The van der Waals surface area contributed by atoms with Gasteiger partial charge in [0.1, 0.15) is 5.75 Å². The molecule has 9 nitrogen and oxygen atoms in total. The standard InChI is InChI=1S/C26H22Cl2F3N3O6S/c27-17-7-10-22(20(28)15-17)39-23-4-2-1-3-21(23)33-41(37,38)19-8-5-16(6-9-19)24(35)34(18-11-13-32-14-12-18)40-25(36)26(29,30)31/h1-10,15,18,32-33H,11-14H2. The molecular weight excluding hydrogens is 610 g/mol. The number of benzene rings is 3. The number of amides is 1. The number of ether oxygens (including phenoxy) is 1. The third-order valence-electron chi connectivity index (χ3n) is 5.91. The van der Waals surface area contributed by atoms with Gasteiger partial charge in [0.2, 0.25) is 0 Å². The fraction of sp³-hybridized carbons (Fsp3) is 0.231. The third kappa shape index (κ3) is 7.61. The molecule has 0 aromatic heterocycles. The lowest BCUT2D eigenvalue weighted by molar-refractivity contribution is -0.235. The third-order valence-corrected chi connectivity index (χ3v) is 7.82. The van der Waals surface area contributed by atoms with Gasteiger partial charge in [-0.15, -0.1) is 0 Å². The molecule has 0 spiro atoms. The maximum absolute atomic E-state index is 13.1. The molecule has 0 aliphatic carbocycles. The predicted octanol–water partition coefficient (Wildman–Crippen LogP) is 5.80. The van der Waals surface area contributed by atoms with Gasteiger partial charge in [0.05, 0.1) is 21.6 Å². The van der Waals surface area contributed by atoms with E-state index in [1.807, 2.05) is 0 Å². The summed E-state index contributed by atoms with van der Waals surface area (Å²) in [4.78, 5) is 28.8. The van der Waals surface area contributed by atoms with E-state index in [2.05, 4.69) is 14.9 Å². The van der Waals surface area contributed by atoms with Crippen molar-refractivity contribution >= 4 is 50.8 Å². The Morgan fingerprint density at radius 2 is 1.61 bits per heavy atom. The van der Waals surface area contributed by atoms with Crippen molar-refractivity contribution < 1.29 is 40.8 Å². The van der Waals surface area contributed by atoms with E-state index < -0.39 is 34.1 Å². The number of carbonyl (C=O) groups is 2. The Hall–Kier alpha value is -3.52. The SMILES string of the molecule is O=C(c1ccc(S(=O)(=O)Nc2ccccc2Oc2ccc(Cl)cc2Cl)cc1)N(OC(=O)C(F)(F)F)C1CCNCC1. The van der Waals surface area contributed by atoms with Gasteiger partial charge < -0.3 is 14.9 Å². The Balaban J connectivity index is 1.54. The van der Waals surface area contributed by atoms with Gasteiger partial charge in [-0.1, -0.05) is 35.3 Å². The van der Waals surface area contributed by atoms with E-state index >= 15 is 0 Å². The number of rotatable bonds is 7. The van der Waals surface area contributed by atoms with Gasteiger partial charge in [0.15, 0.2) is 5.75 Å². The molecular formula is C26H22Cl2F3N3O6S. The molecule has 1 fully saturated rings. The Labute approximate surface area is 243 Å². The van der Waals surface area contributed by atoms with Crippen LogP contribution in [0.2, 0.25) is 10.0 Å². The van der Waals surface area contributed by atoms with Crippen molar-refractivity contribution in [2.24, 2.45) is 0 Å². The van der Waals surface area contributed by atoms with Crippen LogP contribution in [-0.2, 0) is 19.7 Å². The lowest BCUT2D eigenvalue weighted by Gasteiger charge is -2.32. The first-order valence-electron chi connectivity index (χ1n) is 12.0. The number of halogens is 5. The largest absolute Gasteiger partial charge is 0.493 e. The molecule has 41 heavy (non-hydrogen) atoms. The van der Waals surface area contributed by atoms with E-state index in [1.54, 1.807) is 18.2 Å². The maximum Gasteiger partial charge on any atom is 0.493 e. The number of anilines is 1. The molecule has 2 N–H and O–H groups in total. The molecule has 4 rings (SSSR count). The summed E-state index contributed by atoms with van der Waals surface area (Å²) in [5.74, 6) is -3.19.